The second kappa shape index (κ2) is 12.5. The first-order chi connectivity index (χ1) is 16.8. The minimum absolute atomic E-state index is 0.0308. The van der Waals surface area contributed by atoms with Crippen LogP contribution in [0, 0.1) is 5.92 Å². The zero-order valence-electron chi connectivity index (χ0n) is 21.1. The molecule has 0 spiro atoms. The molecule has 0 radical (unpaired) electrons. The van der Waals surface area contributed by atoms with Gasteiger partial charge >= 0.3 is 5.97 Å². The largest absolute Gasteiger partial charge is 0.462 e. The molecule has 1 aliphatic rings. The molecule has 1 aliphatic heterocycles. The summed E-state index contributed by atoms with van der Waals surface area (Å²) in [5.74, 6) is -0.768. The fourth-order valence-corrected chi connectivity index (χ4v) is 4.06. The van der Waals surface area contributed by atoms with Gasteiger partial charge in [-0.15, -0.1) is 0 Å². The van der Waals surface area contributed by atoms with E-state index in [-0.39, 0.29) is 24.3 Å². The van der Waals surface area contributed by atoms with Crippen LogP contribution in [0.5, 0.6) is 0 Å². The minimum atomic E-state index is -0.476. The first kappa shape index (κ1) is 26.4. The summed E-state index contributed by atoms with van der Waals surface area (Å²) >= 11 is 0. The van der Waals surface area contributed by atoms with Crippen molar-refractivity contribution in [1.29, 1.82) is 0 Å². The number of aromatic nitrogens is 2. The molecule has 1 N–H and O–H groups in total. The number of nitrogens with zero attached hydrogens (tertiary/aromatic N) is 3. The zero-order chi connectivity index (χ0) is 25.4. The van der Waals surface area contributed by atoms with Crippen LogP contribution in [0.15, 0.2) is 24.3 Å². The highest BCUT2D eigenvalue weighted by Crippen LogP contribution is 2.20. The molecular weight excluding hydrogens is 448 g/mol. The number of carbonyl (C=O) groups is 3. The maximum Gasteiger partial charge on any atom is 0.338 e. The van der Waals surface area contributed by atoms with E-state index in [4.69, 9.17) is 14.6 Å². The number of carbonyl (C=O) groups excluding carboxylic acids is 3. The average molecular weight is 485 g/mol. The number of esters is 1. The third-order valence-electron chi connectivity index (χ3n) is 5.88. The van der Waals surface area contributed by atoms with Gasteiger partial charge in [0.15, 0.2) is 0 Å². The summed E-state index contributed by atoms with van der Waals surface area (Å²) in [5, 5.41) is 7.72. The Hall–Kier alpha value is -3.20. The maximum absolute atomic E-state index is 12.9. The van der Waals surface area contributed by atoms with E-state index in [2.05, 4.69) is 5.32 Å². The lowest BCUT2D eigenvalue weighted by Gasteiger charge is -2.15. The van der Waals surface area contributed by atoms with E-state index in [0.29, 0.717) is 55.8 Å². The Kier molecular flexibility index (Phi) is 9.42. The number of fused-ring (bicyclic) bond motifs is 1. The number of benzene rings is 1. The fourth-order valence-electron chi connectivity index (χ4n) is 4.06. The molecule has 1 aromatic carbocycles. The number of ether oxygens (including phenoxy) is 2. The Balaban J connectivity index is 1.69. The van der Waals surface area contributed by atoms with Gasteiger partial charge in [-0.25, -0.2) is 4.79 Å². The van der Waals surface area contributed by atoms with Crippen LogP contribution >= 0.6 is 0 Å². The zero-order valence-corrected chi connectivity index (χ0v) is 21.1. The van der Waals surface area contributed by atoms with Crippen molar-refractivity contribution < 1.29 is 23.9 Å². The molecule has 2 aromatic rings. The Bertz CT molecular complexity index is 1050. The molecule has 0 saturated carbocycles. The molecule has 9 heteroatoms. The third kappa shape index (κ3) is 6.91. The maximum atomic E-state index is 12.9. The van der Waals surface area contributed by atoms with Crippen LogP contribution < -0.4 is 5.32 Å². The summed E-state index contributed by atoms with van der Waals surface area (Å²) in [4.78, 5) is 39.2. The second-order valence-electron chi connectivity index (χ2n) is 9.11. The summed E-state index contributed by atoms with van der Waals surface area (Å²) in [6.07, 6.45) is 2.94. The van der Waals surface area contributed by atoms with Gasteiger partial charge in [-0.1, -0.05) is 19.9 Å². The van der Waals surface area contributed by atoms with Gasteiger partial charge in [-0.3, -0.25) is 14.3 Å². The van der Waals surface area contributed by atoms with Crippen LogP contribution in [-0.2, 0) is 28.9 Å². The predicted molar refractivity (Wildman–Crippen MR) is 132 cm³/mol. The number of amides is 2. The Morgan fingerprint density at radius 1 is 1.23 bits per heavy atom. The molecule has 190 valence electrons. The van der Waals surface area contributed by atoms with E-state index in [0.717, 1.165) is 24.2 Å². The second-order valence-corrected chi connectivity index (χ2v) is 9.11. The van der Waals surface area contributed by atoms with Gasteiger partial charge in [-0.2, -0.15) is 5.10 Å². The average Bonchev–Trinajstić information content (AvgIpc) is 3.18. The van der Waals surface area contributed by atoms with Crippen LogP contribution in [0.4, 0.5) is 0 Å². The molecule has 2 heterocycles. The molecule has 1 aromatic heterocycles. The molecule has 3 rings (SSSR count). The topological polar surface area (TPSA) is 103 Å². The molecule has 2 amide bonds. The SMILES string of the molecule is CCc1nn(C[C@@H](C)COC(=O)c2cccc(C(=O)N(C)C)c2)c2c1C(=O)NCCCOCCC2. The van der Waals surface area contributed by atoms with Crippen LogP contribution in [0.1, 0.15) is 69.2 Å². The molecule has 0 bridgehead atoms. The highest BCUT2D eigenvalue weighted by Gasteiger charge is 2.24. The normalized spacial score (nSPS) is 15.4. The van der Waals surface area contributed by atoms with Crippen LogP contribution in [0.25, 0.3) is 0 Å². The van der Waals surface area contributed by atoms with Gasteiger partial charge in [0.25, 0.3) is 11.8 Å². The predicted octanol–water partition coefficient (Wildman–Crippen LogP) is 2.72. The lowest BCUT2D eigenvalue weighted by molar-refractivity contribution is 0.0435. The Labute approximate surface area is 206 Å². The van der Waals surface area contributed by atoms with E-state index in [9.17, 15) is 14.4 Å². The van der Waals surface area contributed by atoms with Gasteiger partial charge in [0, 0.05) is 51.9 Å². The smallest absolute Gasteiger partial charge is 0.338 e. The van der Waals surface area contributed by atoms with Crippen molar-refractivity contribution in [3.63, 3.8) is 0 Å². The van der Waals surface area contributed by atoms with E-state index >= 15 is 0 Å². The summed E-state index contributed by atoms with van der Waals surface area (Å²) in [7, 11) is 3.33. The van der Waals surface area contributed by atoms with Gasteiger partial charge in [-0.05, 0) is 43.9 Å². The minimum Gasteiger partial charge on any atom is -0.462 e. The van der Waals surface area contributed by atoms with Gasteiger partial charge in [0.05, 0.1) is 29.1 Å². The van der Waals surface area contributed by atoms with Gasteiger partial charge in [0.1, 0.15) is 0 Å². The monoisotopic (exact) mass is 484 g/mol. The summed E-state index contributed by atoms with van der Waals surface area (Å²) in [6, 6.07) is 6.53. The number of aryl methyl sites for hydroxylation is 1. The van der Waals surface area contributed by atoms with E-state index in [1.807, 2.05) is 18.5 Å². The fraction of sp³-hybridized carbons (Fsp3) is 0.538. The molecule has 35 heavy (non-hydrogen) atoms. The molecular formula is C26H36N4O5. The first-order valence-electron chi connectivity index (χ1n) is 12.2. The van der Waals surface area contributed by atoms with Crippen molar-refractivity contribution in [1.82, 2.24) is 20.0 Å². The standard InChI is InChI=1S/C26H36N4O5/c1-5-21-23-22(11-7-13-34-14-8-12-27-24(23)31)30(28-21)16-18(2)17-35-26(33)20-10-6-9-19(15-20)25(32)29(3)4/h6,9-10,15,18H,5,7-8,11-14,16-17H2,1-4H3,(H,27,31)/t18-/m1/s1. The molecule has 9 nitrogen and oxygen atoms in total. The quantitative estimate of drug-likeness (QED) is 0.607. The lowest BCUT2D eigenvalue weighted by Crippen LogP contribution is -2.27. The molecule has 1 atom stereocenters. The molecule has 0 unspecified atom stereocenters. The van der Waals surface area contributed by atoms with Crippen LogP contribution in [0.2, 0.25) is 0 Å². The van der Waals surface area contributed by atoms with Crippen molar-refractivity contribution in [3.05, 3.63) is 52.3 Å². The van der Waals surface area contributed by atoms with E-state index < -0.39 is 5.97 Å². The number of nitrogens with one attached hydrogen (secondary N) is 1. The number of hydrogen-bond donors (Lipinski definition) is 1. The van der Waals surface area contributed by atoms with Crippen molar-refractivity contribution in [2.24, 2.45) is 5.92 Å². The molecule has 0 aliphatic carbocycles. The van der Waals surface area contributed by atoms with Crippen molar-refractivity contribution in [2.75, 3.05) is 40.5 Å². The van der Waals surface area contributed by atoms with Gasteiger partial charge in [0.2, 0.25) is 0 Å². The molecule has 0 saturated heterocycles. The molecule has 0 fully saturated rings. The summed E-state index contributed by atoms with van der Waals surface area (Å²) in [6.45, 7) is 6.53. The highest BCUT2D eigenvalue weighted by molar-refractivity contribution is 5.98. The highest BCUT2D eigenvalue weighted by atomic mass is 16.5. The number of rotatable bonds is 7. The van der Waals surface area contributed by atoms with Crippen molar-refractivity contribution in [2.45, 2.75) is 46.1 Å². The van der Waals surface area contributed by atoms with E-state index in [1.54, 1.807) is 38.4 Å². The lowest BCUT2D eigenvalue weighted by atomic mass is 10.1. The van der Waals surface area contributed by atoms with Gasteiger partial charge < -0.3 is 19.7 Å². The Morgan fingerprint density at radius 2 is 1.97 bits per heavy atom. The van der Waals surface area contributed by atoms with Crippen molar-refractivity contribution >= 4 is 17.8 Å². The Morgan fingerprint density at radius 3 is 2.71 bits per heavy atom. The van der Waals surface area contributed by atoms with Crippen LogP contribution in [0.3, 0.4) is 0 Å². The number of hydrogen-bond acceptors (Lipinski definition) is 6. The van der Waals surface area contributed by atoms with Crippen molar-refractivity contribution in [3.8, 4) is 0 Å². The van der Waals surface area contributed by atoms with Crippen LogP contribution in [-0.4, -0.2) is 72.9 Å². The summed E-state index contributed by atoms with van der Waals surface area (Å²) < 4.78 is 13.1. The first-order valence-corrected chi connectivity index (χ1v) is 12.2. The summed E-state index contributed by atoms with van der Waals surface area (Å²) in [5.41, 5.74) is 3.12. The van der Waals surface area contributed by atoms with E-state index in [1.165, 1.54) is 4.90 Å². The third-order valence-corrected chi connectivity index (χ3v) is 5.88.